The normalized spacial score (nSPS) is 11.0. The van der Waals surface area contributed by atoms with Crippen molar-refractivity contribution in [2.75, 3.05) is 21.2 Å². The van der Waals surface area contributed by atoms with Crippen molar-refractivity contribution in [2.45, 2.75) is 11.8 Å². The Hall–Kier alpha value is -2.65. The molecule has 0 aliphatic carbocycles. The first-order valence-corrected chi connectivity index (χ1v) is 9.26. The summed E-state index contributed by atoms with van der Waals surface area (Å²) in [5, 5.41) is 5.89. The Kier molecular flexibility index (Phi) is 6.48. The number of aryl methyl sites for hydroxylation is 1. The molecule has 0 fully saturated rings. The standard InChI is InChI=1S/C20H21N3O4S/c1-14-5-7-15(8-6-14)19-13-18(20(24)25-4)21-23(19)16-9-11-17(12-10-16)28-27-26-22(2)3/h5-13H,1-4H3. The number of hydroxylamine groups is 2. The summed E-state index contributed by atoms with van der Waals surface area (Å²) < 4.78 is 11.6. The summed E-state index contributed by atoms with van der Waals surface area (Å²) in [6.45, 7) is 2.03. The number of carbonyl (C=O) groups is 1. The molecular weight excluding hydrogens is 378 g/mol. The zero-order valence-electron chi connectivity index (χ0n) is 16.1. The van der Waals surface area contributed by atoms with E-state index in [1.807, 2.05) is 55.5 Å². The number of rotatable bonds is 7. The van der Waals surface area contributed by atoms with E-state index in [4.69, 9.17) is 14.1 Å². The third-order valence-corrected chi connectivity index (χ3v) is 4.44. The molecule has 7 nitrogen and oxygen atoms in total. The molecule has 28 heavy (non-hydrogen) atoms. The van der Waals surface area contributed by atoms with Crippen LogP contribution >= 0.6 is 12.0 Å². The lowest BCUT2D eigenvalue weighted by atomic mass is 10.1. The van der Waals surface area contributed by atoms with Gasteiger partial charge in [0.15, 0.2) is 5.69 Å². The molecule has 0 saturated heterocycles. The monoisotopic (exact) mass is 399 g/mol. The van der Waals surface area contributed by atoms with Crippen molar-refractivity contribution in [3.05, 3.63) is 65.9 Å². The van der Waals surface area contributed by atoms with Gasteiger partial charge in [-0.25, -0.2) is 9.48 Å². The van der Waals surface area contributed by atoms with Crippen LogP contribution in [0.1, 0.15) is 16.1 Å². The van der Waals surface area contributed by atoms with Gasteiger partial charge in [0.1, 0.15) is 0 Å². The minimum Gasteiger partial charge on any atom is -0.464 e. The predicted molar refractivity (Wildman–Crippen MR) is 107 cm³/mol. The van der Waals surface area contributed by atoms with Crippen LogP contribution in [0, 0.1) is 6.92 Å². The molecule has 1 heterocycles. The number of hydrogen-bond donors (Lipinski definition) is 0. The second kappa shape index (κ2) is 9.03. The van der Waals surface area contributed by atoms with Gasteiger partial charge in [-0.1, -0.05) is 29.8 Å². The summed E-state index contributed by atoms with van der Waals surface area (Å²) in [6.07, 6.45) is 0. The van der Waals surface area contributed by atoms with Crippen molar-refractivity contribution in [1.82, 2.24) is 14.8 Å². The van der Waals surface area contributed by atoms with Crippen LogP contribution in [0.15, 0.2) is 59.5 Å². The molecule has 0 aliphatic heterocycles. The van der Waals surface area contributed by atoms with E-state index in [2.05, 4.69) is 5.10 Å². The topological polar surface area (TPSA) is 65.8 Å². The molecule has 0 saturated carbocycles. The molecule has 8 heteroatoms. The average molecular weight is 399 g/mol. The minimum atomic E-state index is -0.478. The largest absolute Gasteiger partial charge is 0.464 e. The van der Waals surface area contributed by atoms with E-state index in [1.54, 1.807) is 24.8 Å². The maximum Gasteiger partial charge on any atom is 0.358 e. The molecule has 0 N–H and O–H groups in total. The second-order valence-electron chi connectivity index (χ2n) is 6.22. The number of methoxy groups -OCH3 is 1. The maximum atomic E-state index is 12.0. The first kappa shape index (κ1) is 20.1. The fourth-order valence-electron chi connectivity index (χ4n) is 2.47. The lowest BCUT2D eigenvalue weighted by Gasteiger charge is -2.09. The van der Waals surface area contributed by atoms with Crippen LogP contribution in [0.4, 0.5) is 0 Å². The quantitative estimate of drug-likeness (QED) is 0.257. The lowest BCUT2D eigenvalue weighted by Crippen LogP contribution is -2.10. The summed E-state index contributed by atoms with van der Waals surface area (Å²) in [5.41, 5.74) is 3.97. The number of carbonyl (C=O) groups excluding carboxylic acids is 1. The van der Waals surface area contributed by atoms with Gasteiger partial charge in [-0.3, -0.25) is 0 Å². The summed E-state index contributed by atoms with van der Waals surface area (Å²) in [5.74, 6) is -0.478. The minimum absolute atomic E-state index is 0.249. The highest BCUT2D eigenvalue weighted by Gasteiger charge is 2.17. The fraction of sp³-hybridized carbons (Fsp3) is 0.200. The van der Waals surface area contributed by atoms with E-state index in [0.29, 0.717) is 0 Å². The number of esters is 1. The molecule has 2 aromatic carbocycles. The Morgan fingerprint density at radius 3 is 2.36 bits per heavy atom. The van der Waals surface area contributed by atoms with Gasteiger partial charge in [0, 0.05) is 24.6 Å². The number of benzene rings is 2. The van der Waals surface area contributed by atoms with Crippen LogP contribution in [0.2, 0.25) is 0 Å². The van der Waals surface area contributed by atoms with E-state index < -0.39 is 5.97 Å². The SMILES string of the molecule is COC(=O)c1cc(-c2ccc(C)cc2)n(-c2ccc(SOON(C)C)cc2)n1. The van der Waals surface area contributed by atoms with Gasteiger partial charge in [-0.05, 0) is 37.3 Å². The van der Waals surface area contributed by atoms with Crippen molar-refractivity contribution in [3.8, 4) is 16.9 Å². The van der Waals surface area contributed by atoms with Crippen LogP contribution in [0.5, 0.6) is 0 Å². The van der Waals surface area contributed by atoms with Crippen LogP contribution < -0.4 is 0 Å². The van der Waals surface area contributed by atoms with Gasteiger partial charge in [0.25, 0.3) is 0 Å². The van der Waals surface area contributed by atoms with Crippen LogP contribution in [-0.2, 0) is 14.1 Å². The van der Waals surface area contributed by atoms with E-state index in [0.717, 1.165) is 39.4 Å². The smallest absolute Gasteiger partial charge is 0.358 e. The van der Waals surface area contributed by atoms with E-state index in [1.165, 1.54) is 12.2 Å². The average Bonchev–Trinajstić information content (AvgIpc) is 3.13. The summed E-state index contributed by atoms with van der Waals surface area (Å²) in [4.78, 5) is 17.8. The molecule has 146 valence electrons. The van der Waals surface area contributed by atoms with E-state index >= 15 is 0 Å². The summed E-state index contributed by atoms with van der Waals surface area (Å²) in [7, 11) is 4.80. The van der Waals surface area contributed by atoms with Crippen LogP contribution in [0.3, 0.4) is 0 Å². The van der Waals surface area contributed by atoms with Crippen molar-refractivity contribution in [2.24, 2.45) is 0 Å². The third kappa shape index (κ3) is 4.79. The molecule has 0 spiro atoms. The van der Waals surface area contributed by atoms with Crippen LogP contribution in [0.25, 0.3) is 16.9 Å². The Bertz CT molecular complexity index is 937. The molecule has 0 unspecified atom stereocenters. The molecular formula is C20H21N3O4S. The number of ether oxygens (including phenoxy) is 1. The number of aromatic nitrogens is 2. The van der Waals surface area contributed by atoms with Gasteiger partial charge < -0.3 is 4.74 Å². The Morgan fingerprint density at radius 1 is 1.07 bits per heavy atom. The second-order valence-corrected chi connectivity index (χ2v) is 6.99. The van der Waals surface area contributed by atoms with Gasteiger partial charge in [-0.2, -0.15) is 10.2 Å². The van der Waals surface area contributed by atoms with Gasteiger partial charge in [0.05, 0.1) is 30.5 Å². The molecule has 3 rings (SSSR count). The van der Waals surface area contributed by atoms with Crippen molar-refractivity contribution in [1.29, 1.82) is 0 Å². The number of hydrogen-bond acceptors (Lipinski definition) is 7. The number of nitrogens with zero attached hydrogens (tertiary/aromatic N) is 3. The van der Waals surface area contributed by atoms with Gasteiger partial charge in [-0.15, -0.1) is 9.32 Å². The predicted octanol–water partition coefficient (Wildman–Crippen LogP) is 4.07. The Labute approximate surface area is 167 Å². The molecule has 1 aromatic heterocycles. The first-order chi connectivity index (χ1) is 13.5. The molecule has 0 bridgehead atoms. The molecule has 0 amide bonds. The molecule has 0 aliphatic rings. The molecule has 3 aromatic rings. The highest BCUT2D eigenvalue weighted by atomic mass is 32.2. The molecule has 0 atom stereocenters. The van der Waals surface area contributed by atoms with E-state index in [-0.39, 0.29) is 5.69 Å². The highest BCUT2D eigenvalue weighted by molar-refractivity contribution is 7.94. The van der Waals surface area contributed by atoms with Crippen molar-refractivity contribution < 1.29 is 18.9 Å². The highest BCUT2D eigenvalue weighted by Crippen LogP contribution is 2.27. The Balaban J connectivity index is 1.92. The van der Waals surface area contributed by atoms with E-state index in [9.17, 15) is 4.79 Å². The zero-order chi connectivity index (χ0) is 20.1. The van der Waals surface area contributed by atoms with Crippen molar-refractivity contribution >= 4 is 18.0 Å². The fourth-order valence-corrected chi connectivity index (χ4v) is 2.95. The third-order valence-electron chi connectivity index (χ3n) is 3.84. The summed E-state index contributed by atoms with van der Waals surface area (Å²) >= 11 is 1.10. The molecule has 0 radical (unpaired) electrons. The lowest BCUT2D eigenvalue weighted by molar-refractivity contribution is -0.340. The van der Waals surface area contributed by atoms with Gasteiger partial charge in [0.2, 0.25) is 0 Å². The maximum absolute atomic E-state index is 12.0. The van der Waals surface area contributed by atoms with Crippen molar-refractivity contribution in [3.63, 3.8) is 0 Å². The summed E-state index contributed by atoms with van der Waals surface area (Å²) in [6, 6.07) is 17.3. The Morgan fingerprint density at radius 2 is 1.75 bits per heavy atom. The van der Waals surface area contributed by atoms with Gasteiger partial charge >= 0.3 is 5.97 Å². The first-order valence-electron chi connectivity index (χ1n) is 8.52. The van der Waals surface area contributed by atoms with Crippen LogP contribution in [-0.4, -0.2) is 42.0 Å². The zero-order valence-corrected chi connectivity index (χ0v) is 16.9.